The lowest BCUT2D eigenvalue weighted by molar-refractivity contribution is -0.118. The molecule has 0 heterocycles. The summed E-state index contributed by atoms with van der Waals surface area (Å²) in [6.07, 6.45) is 1.07. The summed E-state index contributed by atoms with van der Waals surface area (Å²) in [5, 5.41) is 3.97. The number of amides is 1. The van der Waals surface area contributed by atoms with E-state index in [1.54, 1.807) is 17.8 Å². The third-order valence-electron chi connectivity index (χ3n) is 2.58. The summed E-state index contributed by atoms with van der Waals surface area (Å²) in [5.74, 6) is 1.22. The molecule has 0 aliphatic rings. The maximum atomic E-state index is 11.6. The Balaban J connectivity index is 2.11. The Hall–Kier alpha value is -0.420. The Morgan fingerprint density at radius 2 is 2.10 bits per heavy atom. The van der Waals surface area contributed by atoms with Gasteiger partial charge in [0.2, 0.25) is 5.91 Å². The van der Waals surface area contributed by atoms with Gasteiger partial charge in [-0.3, -0.25) is 4.79 Å². The Labute approximate surface area is 140 Å². The fourth-order valence-corrected chi connectivity index (χ4v) is 2.69. The van der Waals surface area contributed by atoms with Crippen LogP contribution in [0.3, 0.4) is 0 Å². The third kappa shape index (κ3) is 8.57. The van der Waals surface area contributed by atoms with E-state index in [2.05, 4.69) is 5.32 Å². The topological polar surface area (TPSA) is 38.3 Å². The second kappa shape index (κ2) is 10.3. The molecule has 0 spiro atoms. The van der Waals surface area contributed by atoms with Crippen LogP contribution < -0.4 is 5.32 Å². The van der Waals surface area contributed by atoms with Crippen LogP contribution in [0.1, 0.15) is 25.8 Å². The molecule has 0 saturated heterocycles. The number of hydrogen-bond donors (Lipinski definition) is 1. The highest BCUT2D eigenvalue weighted by Crippen LogP contribution is 2.24. The van der Waals surface area contributed by atoms with Crippen LogP contribution in [0.15, 0.2) is 18.2 Å². The molecule has 0 aliphatic carbocycles. The molecule has 1 aromatic rings. The van der Waals surface area contributed by atoms with Crippen molar-refractivity contribution in [2.75, 3.05) is 18.9 Å². The van der Waals surface area contributed by atoms with Crippen molar-refractivity contribution in [1.29, 1.82) is 0 Å². The number of nitrogens with one attached hydrogen (secondary N) is 1. The van der Waals surface area contributed by atoms with Gasteiger partial charge in [-0.2, -0.15) is 0 Å². The average Bonchev–Trinajstić information content (AvgIpc) is 2.42. The molecule has 0 unspecified atom stereocenters. The highest BCUT2D eigenvalue weighted by molar-refractivity contribution is 7.99. The molecule has 1 amide bonds. The number of benzene rings is 1. The first-order valence-corrected chi connectivity index (χ1v) is 8.80. The third-order valence-corrected chi connectivity index (χ3v) is 4.32. The van der Waals surface area contributed by atoms with Gasteiger partial charge in [0, 0.05) is 18.9 Å². The van der Waals surface area contributed by atoms with Gasteiger partial charge in [-0.25, -0.2) is 0 Å². The fourth-order valence-electron chi connectivity index (χ4n) is 1.56. The molecule has 118 valence electrons. The van der Waals surface area contributed by atoms with Crippen LogP contribution in [0.5, 0.6) is 0 Å². The molecule has 21 heavy (non-hydrogen) atoms. The van der Waals surface area contributed by atoms with Gasteiger partial charge in [0.25, 0.3) is 0 Å². The van der Waals surface area contributed by atoms with E-state index in [0.717, 1.165) is 17.7 Å². The maximum absolute atomic E-state index is 11.6. The lowest BCUT2D eigenvalue weighted by Crippen LogP contribution is -2.27. The van der Waals surface area contributed by atoms with Crippen molar-refractivity contribution in [1.82, 2.24) is 5.32 Å². The number of thioether (sulfide) groups is 1. The molecule has 0 aliphatic heterocycles. The van der Waals surface area contributed by atoms with Crippen LogP contribution in [0.2, 0.25) is 10.0 Å². The van der Waals surface area contributed by atoms with E-state index in [4.69, 9.17) is 27.9 Å². The van der Waals surface area contributed by atoms with Gasteiger partial charge in [0.05, 0.1) is 21.9 Å². The van der Waals surface area contributed by atoms with Crippen molar-refractivity contribution < 1.29 is 9.53 Å². The normalized spacial score (nSPS) is 10.9. The molecule has 0 saturated carbocycles. The number of carbonyl (C=O) groups is 1. The van der Waals surface area contributed by atoms with Gasteiger partial charge >= 0.3 is 0 Å². The maximum Gasteiger partial charge on any atom is 0.230 e. The average molecular weight is 350 g/mol. The Morgan fingerprint density at radius 3 is 2.76 bits per heavy atom. The fraction of sp³-hybridized carbons (Fsp3) is 0.533. The number of rotatable bonds is 9. The largest absolute Gasteiger partial charge is 0.379 e. The van der Waals surface area contributed by atoms with Crippen molar-refractivity contribution in [2.45, 2.75) is 32.1 Å². The van der Waals surface area contributed by atoms with Crippen LogP contribution in [-0.4, -0.2) is 30.9 Å². The van der Waals surface area contributed by atoms with E-state index in [1.807, 2.05) is 26.0 Å². The van der Waals surface area contributed by atoms with E-state index < -0.39 is 0 Å². The van der Waals surface area contributed by atoms with Crippen LogP contribution in [0.25, 0.3) is 0 Å². The highest BCUT2D eigenvalue weighted by Gasteiger charge is 2.03. The molecule has 1 N–H and O–H groups in total. The quantitative estimate of drug-likeness (QED) is 0.680. The summed E-state index contributed by atoms with van der Waals surface area (Å²) < 4.78 is 5.40. The number of carbonyl (C=O) groups excluding carboxylic acids is 1. The van der Waals surface area contributed by atoms with Crippen molar-refractivity contribution in [3.05, 3.63) is 33.8 Å². The molecule has 1 rings (SSSR count). The van der Waals surface area contributed by atoms with Crippen LogP contribution in [0, 0.1) is 0 Å². The summed E-state index contributed by atoms with van der Waals surface area (Å²) in [6, 6.07) is 5.52. The minimum absolute atomic E-state index is 0.0459. The van der Waals surface area contributed by atoms with E-state index in [1.165, 1.54) is 0 Å². The molecule has 1 aromatic carbocycles. The molecule has 6 heteroatoms. The van der Waals surface area contributed by atoms with E-state index >= 15 is 0 Å². The van der Waals surface area contributed by atoms with Crippen LogP contribution >= 0.6 is 35.0 Å². The predicted molar refractivity (Wildman–Crippen MR) is 91.3 cm³/mol. The summed E-state index contributed by atoms with van der Waals surface area (Å²) in [4.78, 5) is 11.6. The Kier molecular flexibility index (Phi) is 9.16. The molecule has 3 nitrogen and oxygen atoms in total. The molecule has 0 radical (unpaired) electrons. The second-order valence-electron chi connectivity index (χ2n) is 4.86. The molecular weight excluding hydrogens is 329 g/mol. The lowest BCUT2D eigenvalue weighted by atomic mass is 10.2. The smallest absolute Gasteiger partial charge is 0.230 e. The SMILES string of the molecule is CC(C)OCCCNC(=O)CSCc1ccc(Cl)c(Cl)c1. The highest BCUT2D eigenvalue weighted by atomic mass is 35.5. The summed E-state index contributed by atoms with van der Waals surface area (Å²) in [6.45, 7) is 5.32. The molecular formula is C15H21Cl2NO2S. The van der Waals surface area contributed by atoms with Crippen molar-refractivity contribution in [2.24, 2.45) is 0 Å². The van der Waals surface area contributed by atoms with Gasteiger partial charge < -0.3 is 10.1 Å². The summed E-state index contributed by atoms with van der Waals surface area (Å²) in [7, 11) is 0. The minimum Gasteiger partial charge on any atom is -0.379 e. The Bertz CT molecular complexity index is 455. The van der Waals surface area contributed by atoms with E-state index in [-0.39, 0.29) is 12.0 Å². The molecule has 0 fully saturated rings. The second-order valence-corrected chi connectivity index (χ2v) is 6.66. The van der Waals surface area contributed by atoms with Gasteiger partial charge in [0.1, 0.15) is 0 Å². The zero-order valence-corrected chi connectivity index (χ0v) is 14.7. The number of hydrogen-bond acceptors (Lipinski definition) is 3. The van der Waals surface area contributed by atoms with Gasteiger partial charge in [-0.1, -0.05) is 29.3 Å². The van der Waals surface area contributed by atoms with E-state index in [9.17, 15) is 4.79 Å². The van der Waals surface area contributed by atoms with Crippen LogP contribution in [0.4, 0.5) is 0 Å². The lowest BCUT2D eigenvalue weighted by Gasteiger charge is -2.08. The summed E-state index contributed by atoms with van der Waals surface area (Å²) in [5.41, 5.74) is 1.06. The van der Waals surface area contributed by atoms with Crippen LogP contribution in [-0.2, 0) is 15.3 Å². The first-order chi connectivity index (χ1) is 9.99. The Morgan fingerprint density at radius 1 is 1.33 bits per heavy atom. The number of halogens is 2. The zero-order chi connectivity index (χ0) is 15.7. The number of ether oxygens (including phenoxy) is 1. The first-order valence-electron chi connectivity index (χ1n) is 6.89. The first kappa shape index (κ1) is 18.6. The monoisotopic (exact) mass is 349 g/mol. The van der Waals surface area contributed by atoms with Gasteiger partial charge in [-0.05, 0) is 38.0 Å². The predicted octanol–water partition coefficient (Wildman–Crippen LogP) is 4.16. The zero-order valence-electron chi connectivity index (χ0n) is 12.3. The van der Waals surface area contributed by atoms with Gasteiger partial charge in [0.15, 0.2) is 0 Å². The van der Waals surface area contributed by atoms with Crippen molar-refractivity contribution >= 4 is 40.9 Å². The molecule has 0 aromatic heterocycles. The standard InChI is InChI=1S/C15H21Cl2NO2S/c1-11(2)20-7-3-6-18-15(19)10-21-9-12-4-5-13(16)14(17)8-12/h4-5,8,11H,3,6-7,9-10H2,1-2H3,(H,18,19). The van der Waals surface area contributed by atoms with Crippen molar-refractivity contribution in [3.63, 3.8) is 0 Å². The summed E-state index contributed by atoms with van der Waals surface area (Å²) >= 11 is 13.4. The molecule has 0 atom stereocenters. The minimum atomic E-state index is 0.0459. The molecule has 0 bridgehead atoms. The van der Waals surface area contributed by atoms with Crippen molar-refractivity contribution in [3.8, 4) is 0 Å². The van der Waals surface area contributed by atoms with E-state index in [0.29, 0.717) is 28.9 Å². The van der Waals surface area contributed by atoms with Gasteiger partial charge in [-0.15, -0.1) is 11.8 Å².